The third-order valence-electron chi connectivity index (χ3n) is 5.54. The average molecular weight is 395 g/mol. The number of rotatable bonds is 5. The zero-order valence-electron chi connectivity index (χ0n) is 16.6. The summed E-state index contributed by atoms with van der Waals surface area (Å²) >= 11 is 1.85. The molecule has 1 atom stereocenters. The van der Waals surface area contributed by atoms with Gasteiger partial charge in [-0.05, 0) is 56.3 Å². The van der Waals surface area contributed by atoms with Gasteiger partial charge in [-0.2, -0.15) is 5.10 Å². The molecule has 28 heavy (non-hydrogen) atoms. The topological polar surface area (TPSA) is 50.2 Å². The van der Waals surface area contributed by atoms with Crippen molar-refractivity contribution in [3.63, 3.8) is 0 Å². The third kappa shape index (κ3) is 3.62. The zero-order valence-corrected chi connectivity index (χ0v) is 17.4. The minimum atomic E-state index is -0.0442. The lowest BCUT2D eigenvalue weighted by molar-refractivity contribution is 0.0931. The first-order valence-electron chi connectivity index (χ1n) is 9.73. The smallest absolute Gasteiger partial charge is 0.255 e. The fourth-order valence-electron chi connectivity index (χ4n) is 3.90. The van der Waals surface area contributed by atoms with Crippen LogP contribution in [0.4, 0.5) is 0 Å². The molecular formula is C22H26N4OS. The minimum Gasteiger partial charge on any atom is -0.350 e. The molecule has 0 spiro atoms. The average Bonchev–Trinajstić information content (AvgIpc) is 3.29. The van der Waals surface area contributed by atoms with Crippen LogP contribution in [0.2, 0.25) is 0 Å². The largest absolute Gasteiger partial charge is 0.350 e. The molecule has 3 aromatic rings. The van der Waals surface area contributed by atoms with Gasteiger partial charge in [-0.3, -0.25) is 9.69 Å². The molecule has 0 radical (unpaired) electrons. The van der Waals surface area contributed by atoms with Gasteiger partial charge in [0.15, 0.2) is 0 Å². The third-order valence-corrected chi connectivity index (χ3v) is 6.56. The number of thiophene rings is 1. The zero-order chi connectivity index (χ0) is 19.7. The molecule has 1 aliphatic rings. The Morgan fingerprint density at radius 3 is 2.82 bits per heavy atom. The van der Waals surface area contributed by atoms with E-state index in [1.165, 1.54) is 10.4 Å². The predicted molar refractivity (Wildman–Crippen MR) is 113 cm³/mol. The maximum atomic E-state index is 12.9. The van der Waals surface area contributed by atoms with E-state index in [0.717, 1.165) is 36.6 Å². The monoisotopic (exact) mass is 394 g/mol. The van der Waals surface area contributed by atoms with Gasteiger partial charge in [0.25, 0.3) is 5.91 Å². The Bertz CT molecular complexity index is 976. The second-order valence-corrected chi connectivity index (χ2v) is 8.44. The summed E-state index contributed by atoms with van der Waals surface area (Å²) in [7, 11) is 0. The van der Waals surface area contributed by atoms with Crippen molar-refractivity contribution >= 4 is 17.2 Å². The SMILES string of the molecule is Cc1nn(-c2ccccc2)c(C)c1C(=O)NCC(C)N1CCc2sccc2C1. The molecule has 0 saturated carbocycles. The van der Waals surface area contributed by atoms with Crippen LogP contribution in [0.25, 0.3) is 5.69 Å². The van der Waals surface area contributed by atoms with E-state index < -0.39 is 0 Å². The second kappa shape index (κ2) is 7.89. The van der Waals surface area contributed by atoms with Crippen LogP contribution in [0, 0.1) is 13.8 Å². The summed E-state index contributed by atoms with van der Waals surface area (Å²) in [5.41, 5.74) is 4.71. The number of benzene rings is 1. The van der Waals surface area contributed by atoms with E-state index in [0.29, 0.717) is 18.2 Å². The Kier molecular flexibility index (Phi) is 5.33. The minimum absolute atomic E-state index is 0.0442. The van der Waals surface area contributed by atoms with Crippen LogP contribution < -0.4 is 5.32 Å². The molecule has 4 rings (SSSR count). The van der Waals surface area contributed by atoms with Crippen LogP contribution in [-0.2, 0) is 13.0 Å². The number of amides is 1. The Balaban J connectivity index is 1.42. The molecule has 0 aliphatic carbocycles. The molecule has 1 aromatic carbocycles. The molecule has 2 aromatic heterocycles. The normalized spacial score (nSPS) is 15.2. The standard InChI is InChI=1S/C22H26N4OS/c1-15(25-11-9-20-18(14-25)10-12-28-20)13-23-22(27)21-16(2)24-26(17(21)3)19-7-5-4-6-8-19/h4-8,10,12,15H,9,11,13-14H2,1-3H3,(H,23,27). The molecule has 1 aliphatic heterocycles. The fraction of sp³-hybridized carbons (Fsp3) is 0.364. The molecule has 3 heterocycles. The summed E-state index contributed by atoms with van der Waals surface area (Å²) in [5.74, 6) is -0.0442. The van der Waals surface area contributed by atoms with Crippen LogP contribution in [0.15, 0.2) is 41.8 Å². The molecular weight excluding hydrogens is 368 g/mol. The molecule has 5 nitrogen and oxygen atoms in total. The van der Waals surface area contributed by atoms with Crippen molar-refractivity contribution in [2.24, 2.45) is 0 Å². The van der Waals surface area contributed by atoms with E-state index in [4.69, 9.17) is 0 Å². The Morgan fingerprint density at radius 2 is 2.04 bits per heavy atom. The van der Waals surface area contributed by atoms with Crippen molar-refractivity contribution in [1.82, 2.24) is 20.0 Å². The molecule has 0 fully saturated rings. The summed E-state index contributed by atoms with van der Waals surface area (Å²) in [6.45, 7) is 8.69. The van der Waals surface area contributed by atoms with Gasteiger partial charge in [-0.1, -0.05) is 18.2 Å². The molecule has 0 bridgehead atoms. The highest BCUT2D eigenvalue weighted by Crippen LogP contribution is 2.25. The summed E-state index contributed by atoms with van der Waals surface area (Å²) in [6, 6.07) is 12.4. The highest BCUT2D eigenvalue weighted by molar-refractivity contribution is 7.10. The Labute approximate surface area is 170 Å². The van der Waals surface area contributed by atoms with E-state index in [1.807, 2.05) is 60.2 Å². The van der Waals surface area contributed by atoms with Gasteiger partial charge < -0.3 is 5.32 Å². The van der Waals surface area contributed by atoms with Gasteiger partial charge in [-0.25, -0.2) is 4.68 Å². The van der Waals surface area contributed by atoms with Crippen LogP contribution in [-0.4, -0.2) is 39.7 Å². The van der Waals surface area contributed by atoms with Crippen molar-refractivity contribution in [2.75, 3.05) is 13.1 Å². The maximum absolute atomic E-state index is 12.9. The van der Waals surface area contributed by atoms with E-state index in [1.54, 1.807) is 0 Å². The van der Waals surface area contributed by atoms with Crippen LogP contribution >= 0.6 is 11.3 Å². The lowest BCUT2D eigenvalue weighted by atomic mass is 10.1. The molecule has 146 valence electrons. The van der Waals surface area contributed by atoms with Crippen molar-refractivity contribution in [3.8, 4) is 5.69 Å². The fourth-order valence-corrected chi connectivity index (χ4v) is 4.79. The van der Waals surface area contributed by atoms with Crippen LogP contribution in [0.5, 0.6) is 0 Å². The molecule has 1 amide bonds. The van der Waals surface area contributed by atoms with Gasteiger partial charge in [-0.15, -0.1) is 11.3 Å². The predicted octanol–water partition coefficient (Wildman–Crippen LogP) is 3.73. The van der Waals surface area contributed by atoms with E-state index >= 15 is 0 Å². The molecule has 1 N–H and O–H groups in total. The van der Waals surface area contributed by atoms with Gasteiger partial charge in [0.05, 0.1) is 22.6 Å². The van der Waals surface area contributed by atoms with E-state index in [2.05, 4.69) is 33.7 Å². The summed E-state index contributed by atoms with van der Waals surface area (Å²) in [6.07, 6.45) is 1.10. The van der Waals surface area contributed by atoms with Gasteiger partial charge in [0, 0.05) is 30.6 Å². The summed E-state index contributed by atoms with van der Waals surface area (Å²) in [4.78, 5) is 16.8. The summed E-state index contributed by atoms with van der Waals surface area (Å²) < 4.78 is 1.84. The van der Waals surface area contributed by atoms with Crippen LogP contribution in [0.3, 0.4) is 0 Å². The Morgan fingerprint density at radius 1 is 1.25 bits per heavy atom. The van der Waals surface area contributed by atoms with E-state index in [9.17, 15) is 4.79 Å². The van der Waals surface area contributed by atoms with Crippen LogP contribution in [0.1, 0.15) is 39.1 Å². The number of para-hydroxylation sites is 1. The molecule has 0 saturated heterocycles. The maximum Gasteiger partial charge on any atom is 0.255 e. The number of carbonyl (C=O) groups is 1. The number of nitrogens with one attached hydrogen (secondary N) is 1. The highest BCUT2D eigenvalue weighted by atomic mass is 32.1. The molecule has 6 heteroatoms. The van der Waals surface area contributed by atoms with Crippen molar-refractivity contribution in [2.45, 2.75) is 39.8 Å². The first kappa shape index (κ1) is 18.9. The van der Waals surface area contributed by atoms with Crippen molar-refractivity contribution in [3.05, 3.63) is 69.2 Å². The number of carbonyl (C=O) groups excluding carboxylic acids is 1. The lowest BCUT2D eigenvalue weighted by Crippen LogP contribution is -2.44. The number of aryl methyl sites for hydroxylation is 1. The van der Waals surface area contributed by atoms with Crippen molar-refractivity contribution in [1.29, 1.82) is 0 Å². The van der Waals surface area contributed by atoms with Crippen molar-refractivity contribution < 1.29 is 4.79 Å². The van der Waals surface area contributed by atoms with Gasteiger partial charge in [0.1, 0.15) is 0 Å². The second-order valence-electron chi connectivity index (χ2n) is 7.44. The number of nitrogens with zero attached hydrogens (tertiary/aromatic N) is 3. The van der Waals surface area contributed by atoms with Gasteiger partial charge >= 0.3 is 0 Å². The first-order valence-corrected chi connectivity index (χ1v) is 10.6. The Hall–Kier alpha value is -2.44. The highest BCUT2D eigenvalue weighted by Gasteiger charge is 2.23. The lowest BCUT2D eigenvalue weighted by Gasteiger charge is -2.32. The summed E-state index contributed by atoms with van der Waals surface area (Å²) in [5, 5.41) is 9.89. The number of fused-ring (bicyclic) bond motifs is 1. The quantitative estimate of drug-likeness (QED) is 0.717. The number of aromatic nitrogens is 2. The van der Waals surface area contributed by atoms with E-state index in [-0.39, 0.29) is 5.91 Å². The first-order chi connectivity index (χ1) is 13.5. The van der Waals surface area contributed by atoms with Gasteiger partial charge in [0.2, 0.25) is 0 Å². The molecule has 1 unspecified atom stereocenters. The number of hydrogen-bond acceptors (Lipinski definition) is 4. The number of hydrogen-bond donors (Lipinski definition) is 1.